The van der Waals surface area contributed by atoms with Crippen molar-refractivity contribution in [2.45, 2.75) is 25.8 Å². The van der Waals surface area contributed by atoms with Crippen molar-refractivity contribution in [2.24, 2.45) is 5.92 Å². The zero-order chi connectivity index (χ0) is 6.85. The van der Waals surface area contributed by atoms with Crippen LogP contribution < -0.4 is 5.32 Å². The highest BCUT2D eigenvalue weighted by Gasteiger charge is 2.31. The second kappa shape index (κ2) is 2.48. The van der Waals surface area contributed by atoms with Crippen LogP contribution in [0.15, 0.2) is 0 Å². The van der Waals surface area contributed by atoms with Gasteiger partial charge in [0, 0.05) is 5.92 Å². The topological polar surface area (TPSA) is 29.1 Å². The molecule has 0 unspecified atom stereocenters. The van der Waals surface area contributed by atoms with E-state index in [2.05, 4.69) is 5.32 Å². The molecule has 1 aliphatic carbocycles. The van der Waals surface area contributed by atoms with E-state index in [9.17, 15) is 4.79 Å². The Bertz CT molecular complexity index is 118. The molecule has 0 aromatic carbocycles. The number of carbonyl (C=O) groups excluding carboxylic acids is 1. The molecule has 52 valence electrons. The lowest BCUT2D eigenvalue weighted by molar-refractivity contribution is -0.121. The molecule has 0 amide bonds. The molecule has 1 fully saturated rings. The van der Waals surface area contributed by atoms with Gasteiger partial charge < -0.3 is 5.32 Å². The Morgan fingerprint density at radius 1 is 1.67 bits per heavy atom. The van der Waals surface area contributed by atoms with Crippen LogP contribution >= 0.6 is 0 Å². The van der Waals surface area contributed by atoms with Crippen molar-refractivity contribution < 1.29 is 4.79 Å². The summed E-state index contributed by atoms with van der Waals surface area (Å²) in [6.07, 6.45) is 2.23. The molecular formula is C7H13NO. The van der Waals surface area contributed by atoms with Crippen molar-refractivity contribution in [1.82, 2.24) is 5.32 Å². The Balaban J connectivity index is 2.31. The quantitative estimate of drug-likeness (QED) is 0.600. The minimum atomic E-state index is 0.0671. The molecular weight excluding hydrogens is 114 g/mol. The summed E-state index contributed by atoms with van der Waals surface area (Å²) >= 11 is 0. The van der Waals surface area contributed by atoms with Crippen LogP contribution in [0.3, 0.4) is 0 Å². The SMILES string of the molecule is CN[C@@H](C)C(=O)C1CC1. The number of nitrogens with one attached hydrogen (secondary N) is 1. The lowest BCUT2D eigenvalue weighted by Crippen LogP contribution is -2.31. The van der Waals surface area contributed by atoms with Gasteiger partial charge in [0.1, 0.15) is 0 Å². The Kier molecular flexibility index (Phi) is 1.86. The summed E-state index contributed by atoms with van der Waals surface area (Å²) in [7, 11) is 1.82. The highest BCUT2D eigenvalue weighted by Crippen LogP contribution is 2.30. The number of hydrogen-bond donors (Lipinski definition) is 1. The first-order valence-corrected chi connectivity index (χ1v) is 3.46. The molecule has 0 heterocycles. The van der Waals surface area contributed by atoms with Crippen LogP contribution in [0.5, 0.6) is 0 Å². The molecule has 2 nitrogen and oxygen atoms in total. The molecule has 0 aromatic heterocycles. The maximum atomic E-state index is 11.1. The van der Waals surface area contributed by atoms with Crippen LogP contribution in [0.2, 0.25) is 0 Å². The van der Waals surface area contributed by atoms with E-state index >= 15 is 0 Å². The molecule has 0 bridgehead atoms. The fraction of sp³-hybridized carbons (Fsp3) is 0.857. The number of rotatable bonds is 3. The first kappa shape index (κ1) is 6.75. The van der Waals surface area contributed by atoms with E-state index in [-0.39, 0.29) is 6.04 Å². The van der Waals surface area contributed by atoms with Crippen molar-refractivity contribution in [3.63, 3.8) is 0 Å². The van der Waals surface area contributed by atoms with Crippen molar-refractivity contribution in [1.29, 1.82) is 0 Å². The van der Waals surface area contributed by atoms with Gasteiger partial charge in [-0.3, -0.25) is 4.79 Å². The Hall–Kier alpha value is -0.370. The molecule has 0 radical (unpaired) electrons. The van der Waals surface area contributed by atoms with Crippen LogP contribution in [-0.4, -0.2) is 18.9 Å². The molecule has 0 saturated heterocycles. The standard InChI is InChI=1S/C7H13NO/c1-5(8-2)7(9)6-3-4-6/h5-6,8H,3-4H2,1-2H3/t5-/m0/s1. The predicted octanol–water partition coefficient (Wildman–Crippen LogP) is 0.573. The fourth-order valence-corrected chi connectivity index (χ4v) is 0.864. The molecule has 0 spiro atoms. The van der Waals surface area contributed by atoms with Gasteiger partial charge in [0.15, 0.2) is 5.78 Å². The van der Waals surface area contributed by atoms with E-state index in [0.29, 0.717) is 11.7 Å². The number of Topliss-reactive ketones (excluding diaryl/α,β-unsaturated/α-hetero) is 1. The summed E-state index contributed by atoms with van der Waals surface area (Å²) < 4.78 is 0. The van der Waals surface area contributed by atoms with Crippen molar-refractivity contribution in [2.75, 3.05) is 7.05 Å². The van der Waals surface area contributed by atoms with E-state index in [0.717, 1.165) is 12.8 Å². The summed E-state index contributed by atoms with van der Waals surface area (Å²) in [5.74, 6) is 0.782. The van der Waals surface area contributed by atoms with Gasteiger partial charge >= 0.3 is 0 Å². The normalized spacial score (nSPS) is 21.6. The van der Waals surface area contributed by atoms with Gasteiger partial charge in [0.05, 0.1) is 6.04 Å². The summed E-state index contributed by atoms with van der Waals surface area (Å²) in [5, 5.41) is 2.94. The lowest BCUT2D eigenvalue weighted by Gasteiger charge is -2.05. The fourth-order valence-electron chi connectivity index (χ4n) is 0.864. The van der Waals surface area contributed by atoms with Gasteiger partial charge in [-0.1, -0.05) is 0 Å². The third kappa shape index (κ3) is 1.52. The van der Waals surface area contributed by atoms with Crippen LogP contribution in [0.1, 0.15) is 19.8 Å². The molecule has 1 aliphatic rings. The largest absolute Gasteiger partial charge is 0.311 e. The minimum absolute atomic E-state index is 0.0671. The zero-order valence-corrected chi connectivity index (χ0v) is 5.98. The van der Waals surface area contributed by atoms with E-state index < -0.39 is 0 Å². The van der Waals surface area contributed by atoms with Gasteiger partial charge in [-0.25, -0.2) is 0 Å². The summed E-state index contributed by atoms with van der Waals surface area (Å²) in [6.45, 7) is 1.92. The van der Waals surface area contributed by atoms with Gasteiger partial charge in [-0.2, -0.15) is 0 Å². The smallest absolute Gasteiger partial charge is 0.152 e. The molecule has 0 aromatic rings. The van der Waals surface area contributed by atoms with Crippen molar-refractivity contribution >= 4 is 5.78 Å². The van der Waals surface area contributed by atoms with Crippen LogP contribution in [-0.2, 0) is 4.79 Å². The summed E-state index contributed by atoms with van der Waals surface area (Å²) in [4.78, 5) is 11.1. The minimum Gasteiger partial charge on any atom is -0.311 e. The van der Waals surface area contributed by atoms with Gasteiger partial charge in [-0.15, -0.1) is 0 Å². The van der Waals surface area contributed by atoms with Gasteiger partial charge in [0.25, 0.3) is 0 Å². The Morgan fingerprint density at radius 2 is 2.22 bits per heavy atom. The molecule has 1 N–H and O–H groups in total. The van der Waals surface area contributed by atoms with Crippen LogP contribution in [0.4, 0.5) is 0 Å². The molecule has 1 atom stereocenters. The first-order chi connectivity index (χ1) is 4.25. The molecule has 9 heavy (non-hydrogen) atoms. The second-order valence-corrected chi connectivity index (χ2v) is 2.69. The number of hydrogen-bond acceptors (Lipinski definition) is 2. The third-order valence-corrected chi connectivity index (χ3v) is 1.84. The highest BCUT2D eigenvalue weighted by molar-refractivity contribution is 5.87. The monoisotopic (exact) mass is 127 g/mol. The molecule has 1 saturated carbocycles. The Morgan fingerprint density at radius 3 is 2.56 bits per heavy atom. The van der Waals surface area contributed by atoms with Gasteiger partial charge in [0.2, 0.25) is 0 Å². The van der Waals surface area contributed by atoms with Crippen molar-refractivity contribution in [3.8, 4) is 0 Å². The number of ketones is 1. The average molecular weight is 127 g/mol. The lowest BCUT2D eigenvalue weighted by atomic mass is 10.1. The second-order valence-electron chi connectivity index (χ2n) is 2.69. The average Bonchev–Trinajstić information content (AvgIpc) is 2.66. The van der Waals surface area contributed by atoms with E-state index in [4.69, 9.17) is 0 Å². The van der Waals surface area contributed by atoms with Gasteiger partial charge in [-0.05, 0) is 26.8 Å². The Labute approximate surface area is 55.6 Å². The first-order valence-electron chi connectivity index (χ1n) is 3.46. The van der Waals surface area contributed by atoms with Crippen LogP contribution in [0.25, 0.3) is 0 Å². The van der Waals surface area contributed by atoms with E-state index in [1.54, 1.807) is 0 Å². The number of likely N-dealkylation sites (N-methyl/N-ethyl adjacent to an activating group) is 1. The highest BCUT2D eigenvalue weighted by atomic mass is 16.1. The number of carbonyl (C=O) groups is 1. The molecule has 1 rings (SSSR count). The van der Waals surface area contributed by atoms with E-state index in [1.807, 2.05) is 14.0 Å². The maximum Gasteiger partial charge on any atom is 0.152 e. The third-order valence-electron chi connectivity index (χ3n) is 1.84. The summed E-state index contributed by atoms with van der Waals surface area (Å²) in [6, 6.07) is 0.0671. The zero-order valence-electron chi connectivity index (χ0n) is 5.98. The molecule has 0 aliphatic heterocycles. The van der Waals surface area contributed by atoms with Crippen LogP contribution in [0, 0.1) is 5.92 Å². The maximum absolute atomic E-state index is 11.1. The summed E-state index contributed by atoms with van der Waals surface area (Å²) in [5.41, 5.74) is 0. The molecule has 2 heteroatoms. The van der Waals surface area contributed by atoms with E-state index in [1.165, 1.54) is 0 Å². The van der Waals surface area contributed by atoms with Crippen molar-refractivity contribution in [3.05, 3.63) is 0 Å². The predicted molar refractivity (Wildman–Crippen MR) is 36.3 cm³/mol.